The number of hydrogen-bond acceptors (Lipinski definition) is 3. The van der Waals surface area contributed by atoms with Gasteiger partial charge in [0.05, 0.1) is 18.9 Å². The van der Waals surface area contributed by atoms with E-state index in [4.69, 9.17) is 4.74 Å². The van der Waals surface area contributed by atoms with E-state index in [1.54, 1.807) is 4.90 Å². The second kappa shape index (κ2) is 5.40. The van der Waals surface area contributed by atoms with Crippen molar-refractivity contribution in [3.63, 3.8) is 0 Å². The zero-order chi connectivity index (χ0) is 13.1. The van der Waals surface area contributed by atoms with Crippen LogP contribution in [0, 0.1) is 5.92 Å². The van der Waals surface area contributed by atoms with Crippen LogP contribution in [0.3, 0.4) is 0 Å². The van der Waals surface area contributed by atoms with Crippen molar-refractivity contribution in [2.24, 2.45) is 5.92 Å². The van der Waals surface area contributed by atoms with Gasteiger partial charge in [0.25, 0.3) is 0 Å². The molecule has 0 aromatic heterocycles. The number of rotatable bonds is 3. The number of cyclic esters (lactones) is 1. The van der Waals surface area contributed by atoms with E-state index in [1.165, 1.54) is 0 Å². The highest BCUT2D eigenvalue weighted by Crippen LogP contribution is 2.29. The molecule has 1 heterocycles. The van der Waals surface area contributed by atoms with E-state index in [-0.39, 0.29) is 18.6 Å². The normalized spacial score (nSPS) is 20.1. The maximum Gasteiger partial charge on any atom is 0.414 e. The van der Waals surface area contributed by atoms with E-state index in [9.17, 15) is 9.90 Å². The smallest absolute Gasteiger partial charge is 0.414 e. The van der Waals surface area contributed by atoms with E-state index in [0.29, 0.717) is 19.1 Å². The van der Waals surface area contributed by atoms with Crippen LogP contribution in [0.4, 0.5) is 10.5 Å². The summed E-state index contributed by atoms with van der Waals surface area (Å²) in [6, 6.07) is 7.83. The fourth-order valence-corrected chi connectivity index (χ4v) is 2.18. The van der Waals surface area contributed by atoms with Gasteiger partial charge in [-0.3, -0.25) is 4.90 Å². The molecular formula is C14H19NO3. The molecule has 0 radical (unpaired) electrons. The number of aliphatic hydroxyl groups excluding tert-OH is 1. The van der Waals surface area contributed by atoms with E-state index in [2.05, 4.69) is 13.8 Å². The first-order valence-corrected chi connectivity index (χ1v) is 6.27. The summed E-state index contributed by atoms with van der Waals surface area (Å²) in [6.07, 6.45) is -0.326. The van der Waals surface area contributed by atoms with Crippen molar-refractivity contribution in [2.75, 3.05) is 24.7 Å². The number of nitrogens with zero attached hydrogens (tertiary/aromatic N) is 1. The van der Waals surface area contributed by atoms with Gasteiger partial charge >= 0.3 is 6.09 Å². The largest absolute Gasteiger partial charge is 0.449 e. The molecule has 1 N–H and O–H groups in total. The Hall–Kier alpha value is -1.55. The SMILES string of the molecule is CC(C)c1ccccc1N1CC(CO)COC1=O. The molecule has 4 heteroatoms. The van der Waals surface area contributed by atoms with Crippen molar-refractivity contribution < 1.29 is 14.6 Å². The van der Waals surface area contributed by atoms with Gasteiger partial charge in [0, 0.05) is 12.5 Å². The average molecular weight is 249 g/mol. The van der Waals surface area contributed by atoms with Gasteiger partial charge in [-0.15, -0.1) is 0 Å². The van der Waals surface area contributed by atoms with Crippen LogP contribution in [0.25, 0.3) is 0 Å². The molecule has 1 amide bonds. The molecule has 0 bridgehead atoms. The molecule has 1 aromatic carbocycles. The molecule has 1 aliphatic rings. The van der Waals surface area contributed by atoms with E-state index < -0.39 is 0 Å². The minimum absolute atomic E-state index is 0.0112. The Morgan fingerprint density at radius 3 is 2.83 bits per heavy atom. The topological polar surface area (TPSA) is 49.8 Å². The predicted molar refractivity (Wildman–Crippen MR) is 69.8 cm³/mol. The number of ether oxygens (including phenoxy) is 1. The zero-order valence-electron chi connectivity index (χ0n) is 10.8. The first-order chi connectivity index (χ1) is 8.63. The Bertz CT molecular complexity index is 431. The van der Waals surface area contributed by atoms with Crippen LogP contribution >= 0.6 is 0 Å². The highest BCUT2D eigenvalue weighted by molar-refractivity contribution is 5.89. The van der Waals surface area contributed by atoms with Crippen molar-refractivity contribution >= 4 is 11.8 Å². The minimum atomic E-state index is -0.326. The lowest BCUT2D eigenvalue weighted by molar-refractivity contribution is 0.0899. The van der Waals surface area contributed by atoms with Gasteiger partial charge in [-0.2, -0.15) is 0 Å². The van der Waals surface area contributed by atoms with Gasteiger partial charge < -0.3 is 9.84 Å². The Morgan fingerprint density at radius 1 is 1.44 bits per heavy atom. The third-order valence-corrected chi connectivity index (χ3v) is 3.21. The molecule has 1 atom stereocenters. The summed E-state index contributed by atoms with van der Waals surface area (Å²) in [6.45, 7) is 5.04. The molecule has 0 saturated carbocycles. The second-order valence-corrected chi connectivity index (χ2v) is 4.95. The van der Waals surface area contributed by atoms with Crippen LogP contribution in [0.5, 0.6) is 0 Å². The summed E-state index contributed by atoms with van der Waals surface area (Å²) >= 11 is 0. The zero-order valence-corrected chi connectivity index (χ0v) is 10.8. The third-order valence-electron chi connectivity index (χ3n) is 3.21. The summed E-state index contributed by atoms with van der Waals surface area (Å²) in [4.78, 5) is 13.5. The fraction of sp³-hybridized carbons (Fsp3) is 0.500. The number of carbonyl (C=O) groups excluding carboxylic acids is 1. The Kier molecular flexibility index (Phi) is 3.87. The Labute approximate surface area is 107 Å². The molecule has 0 aliphatic carbocycles. The maximum atomic E-state index is 11.9. The Morgan fingerprint density at radius 2 is 2.17 bits per heavy atom. The van der Waals surface area contributed by atoms with E-state index in [1.807, 2.05) is 24.3 Å². The lowest BCUT2D eigenvalue weighted by atomic mass is 9.99. The molecule has 4 nitrogen and oxygen atoms in total. The number of amides is 1. The number of carbonyl (C=O) groups is 1. The van der Waals surface area contributed by atoms with E-state index in [0.717, 1.165) is 11.3 Å². The maximum absolute atomic E-state index is 11.9. The van der Waals surface area contributed by atoms with Gasteiger partial charge in [0.15, 0.2) is 0 Å². The third kappa shape index (κ3) is 2.48. The summed E-state index contributed by atoms with van der Waals surface area (Å²) in [5, 5.41) is 9.20. The lowest BCUT2D eigenvalue weighted by Crippen LogP contribution is -2.44. The van der Waals surface area contributed by atoms with Crippen molar-refractivity contribution in [1.29, 1.82) is 0 Å². The number of anilines is 1. The van der Waals surface area contributed by atoms with Crippen molar-refractivity contribution in [3.8, 4) is 0 Å². The quantitative estimate of drug-likeness (QED) is 0.894. The van der Waals surface area contributed by atoms with Gasteiger partial charge in [-0.05, 0) is 17.5 Å². The molecule has 2 rings (SSSR count). The van der Waals surface area contributed by atoms with Crippen LogP contribution in [-0.4, -0.2) is 31.0 Å². The molecule has 18 heavy (non-hydrogen) atoms. The van der Waals surface area contributed by atoms with Crippen LogP contribution in [-0.2, 0) is 4.74 Å². The number of hydrogen-bond donors (Lipinski definition) is 1. The minimum Gasteiger partial charge on any atom is -0.449 e. The second-order valence-electron chi connectivity index (χ2n) is 4.95. The summed E-state index contributed by atoms with van der Waals surface area (Å²) in [5.74, 6) is 0.325. The number of aliphatic hydroxyl groups is 1. The first kappa shape index (κ1) is 12.9. The molecule has 98 valence electrons. The summed E-state index contributed by atoms with van der Waals surface area (Å²) in [7, 11) is 0. The number of benzene rings is 1. The van der Waals surface area contributed by atoms with Crippen molar-refractivity contribution in [3.05, 3.63) is 29.8 Å². The highest BCUT2D eigenvalue weighted by Gasteiger charge is 2.29. The standard InChI is InChI=1S/C14H19NO3/c1-10(2)12-5-3-4-6-13(12)15-7-11(8-16)9-18-14(15)17/h3-6,10-11,16H,7-9H2,1-2H3. The molecular weight excluding hydrogens is 230 g/mol. The van der Waals surface area contributed by atoms with Crippen molar-refractivity contribution in [2.45, 2.75) is 19.8 Å². The predicted octanol–water partition coefficient (Wildman–Crippen LogP) is 2.38. The summed E-state index contributed by atoms with van der Waals surface area (Å²) < 4.78 is 5.11. The van der Waals surface area contributed by atoms with Gasteiger partial charge in [-0.1, -0.05) is 32.0 Å². The van der Waals surface area contributed by atoms with Gasteiger partial charge in [0.2, 0.25) is 0 Å². The van der Waals surface area contributed by atoms with Gasteiger partial charge in [-0.25, -0.2) is 4.79 Å². The van der Waals surface area contributed by atoms with Crippen LogP contribution in [0.15, 0.2) is 24.3 Å². The molecule has 1 aromatic rings. The molecule has 1 fully saturated rings. The van der Waals surface area contributed by atoms with Gasteiger partial charge in [0.1, 0.15) is 0 Å². The average Bonchev–Trinajstić information content (AvgIpc) is 2.39. The molecule has 1 aliphatic heterocycles. The number of para-hydroxylation sites is 1. The van der Waals surface area contributed by atoms with E-state index >= 15 is 0 Å². The van der Waals surface area contributed by atoms with Crippen LogP contribution in [0.1, 0.15) is 25.3 Å². The van der Waals surface area contributed by atoms with Crippen LogP contribution in [0.2, 0.25) is 0 Å². The summed E-state index contributed by atoms with van der Waals surface area (Å²) in [5.41, 5.74) is 2.00. The molecule has 0 spiro atoms. The van der Waals surface area contributed by atoms with Crippen LogP contribution < -0.4 is 4.90 Å². The highest BCUT2D eigenvalue weighted by atomic mass is 16.6. The first-order valence-electron chi connectivity index (χ1n) is 6.27. The lowest BCUT2D eigenvalue weighted by Gasteiger charge is -2.33. The van der Waals surface area contributed by atoms with Crippen molar-refractivity contribution in [1.82, 2.24) is 0 Å². The fourth-order valence-electron chi connectivity index (χ4n) is 2.18. The monoisotopic (exact) mass is 249 g/mol. The molecule has 1 unspecified atom stereocenters. The Balaban J connectivity index is 2.31. The molecule has 1 saturated heterocycles.